The molecule has 0 bridgehead atoms. The van der Waals surface area contributed by atoms with Crippen LogP contribution >= 0.6 is 0 Å². The summed E-state index contributed by atoms with van der Waals surface area (Å²) in [5.74, 6) is 1.19. The third-order valence-corrected chi connectivity index (χ3v) is 5.71. The number of carbonyl (C=O) groups excluding carboxylic acids is 1. The minimum Gasteiger partial charge on any atom is -0.497 e. The molecule has 0 unspecified atom stereocenters. The van der Waals surface area contributed by atoms with Gasteiger partial charge in [0, 0.05) is 31.1 Å². The van der Waals surface area contributed by atoms with Crippen molar-refractivity contribution in [3.8, 4) is 28.8 Å². The first-order chi connectivity index (χ1) is 15.0. The van der Waals surface area contributed by atoms with Crippen molar-refractivity contribution >= 4 is 16.8 Å². The summed E-state index contributed by atoms with van der Waals surface area (Å²) >= 11 is 0. The highest BCUT2D eigenvalue weighted by atomic mass is 16.5. The van der Waals surface area contributed by atoms with Gasteiger partial charge in [-0.25, -0.2) is 0 Å². The number of hydrogen-bond donors (Lipinski definition) is 1. The predicted octanol–water partition coefficient (Wildman–Crippen LogP) is 3.18. The van der Waals surface area contributed by atoms with Crippen molar-refractivity contribution in [1.82, 2.24) is 9.47 Å². The SMILES string of the molecule is CCn1c(-c2ccc(OCC(=O)N3CC[C@H](O)C3)cc2)c(C#N)c2ccc(OC)cc21. The molecule has 1 aliphatic rings. The van der Waals surface area contributed by atoms with E-state index in [9.17, 15) is 15.2 Å². The summed E-state index contributed by atoms with van der Waals surface area (Å²) in [4.78, 5) is 13.8. The third kappa shape index (κ3) is 3.94. The Labute approximate surface area is 181 Å². The number of aliphatic hydroxyl groups is 1. The summed E-state index contributed by atoms with van der Waals surface area (Å²) in [6.45, 7) is 3.61. The van der Waals surface area contributed by atoms with Crippen molar-refractivity contribution in [2.75, 3.05) is 26.8 Å². The molecular formula is C24H25N3O4. The number of amides is 1. The summed E-state index contributed by atoms with van der Waals surface area (Å²) in [6.07, 6.45) is 0.168. The molecule has 2 heterocycles. The lowest BCUT2D eigenvalue weighted by Crippen LogP contribution is -2.33. The lowest BCUT2D eigenvalue weighted by atomic mass is 10.1. The maximum absolute atomic E-state index is 12.2. The van der Waals surface area contributed by atoms with Crippen LogP contribution in [0.1, 0.15) is 18.9 Å². The average Bonchev–Trinajstić information content (AvgIpc) is 3.37. The Hall–Kier alpha value is -3.50. The van der Waals surface area contributed by atoms with Gasteiger partial charge >= 0.3 is 0 Å². The van der Waals surface area contributed by atoms with Crippen LogP contribution < -0.4 is 9.47 Å². The van der Waals surface area contributed by atoms with Crippen LogP contribution in [0.2, 0.25) is 0 Å². The van der Waals surface area contributed by atoms with E-state index in [2.05, 4.69) is 10.6 Å². The second-order valence-corrected chi connectivity index (χ2v) is 7.56. The number of β-amino-alcohol motifs (C(OH)–C–C–N with tert-alkyl or cyclic N) is 1. The zero-order valence-electron chi connectivity index (χ0n) is 17.7. The number of aliphatic hydroxyl groups excluding tert-OH is 1. The molecule has 160 valence electrons. The van der Waals surface area contributed by atoms with Crippen molar-refractivity contribution in [1.29, 1.82) is 5.26 Å². The highest BCUT2D eigenvalue weighted by Gasteiger charge is 2.24. The van der Waals surface area contributed by atoms with Crippen molar-refractivity contribution < 1.29 is 19.4 Å². The van der Waals surface area contributed by atoms with Crippen LogP contribution in [0.3, 0.4) is 0 Å². The van der Waals surface area contributed by atoms with Crippen LogP contribution in [0.25, 0.3) is 22.2 Å². The summed E-state index contributed by atoms with van der Waals surface area (Å²) in [5.41, 5.74) is 3.32. The quantitative estimate of drug-likeness (QED) is 0.663. The Bertz CT molecular complexity index is 1140. The van der Waals surface area contributed by atoms with Crippen molar-refractivity contribution in [2.24, 2.45) is 0 Å². The van der Waals surface area contributed by atoms with Gasteiger partial charge in [0.25, 0.3) is 5.91 Å². The molecule has 7 nitrogen and oxygen atoms in total. The Kier molecular flexibility index (Phi) is 5.83. The minimum atomic E-state index is -0.442. The van der Waals surface area contributed by atoms with Gasteiger partial charge in [-0.2, -0.15) is 5.26 Å². The topological polar surface area (TPSA) is 87.7 Å². The molecule has 1 aliphatic heterocycles. The number of nitriles is 1. The van der Waals surface area contributed by atoms with Gasteiger partial charge in [0.15, 0.2) is 6.61 Å². The van der Waals surface area contributed by atoms with E-state index in [0.717, 1.165) is 27.9 Å². The molecular weight excluding hydrogens is 394 g/mol. The largest absolute Gasteiger partial charge is 0.497 e. The predicted molar refractivity (Wildman–Crippen MR) is 117 cm³/mol. The summed E-state index contributed by atoms with van der Waals surface area (Å²) in [6, 6.07) is 15.5. The third-order valence-electron chi connectivity index (χ3n) is 5.71. The van der Waals surface area contributed by atoms with E-state index in [1.165, 1.54) is 0 Å². The number of aromatic nitrogens is 1. The number of benzene rings is 2. The van der Waals surface area contributed by atoms with Gasteiger partial charge in [-0.05, 0) is 55.3 Å². The number of nitrogens with zero attached hydrogens (tertiary/aromatic N) is 3. The fourth-order valence-electron chi connectivity index (χ4n) is 4.11. The normalized spacial score (nSPS) is 15.8. The minimum absolute atomic E-state index is 0.0650. The van der Waals surface area contributed by atoms with Gasteiger partial charge in [-0.1, -0.05) is 0 Å². The van der Waals surface area contributed by atoms with Crippen molar-refractivity contribution in [2.45, 2.75) is 26.0 Å². The van der Waals surface area contributed by atoms with E-state index in [4.69, 9.17) is 9.47 Å². The fraction of sp³-hybridized carbons (Fsp3) is 0.333. The van der Waals surface area contributed by atoms with E-state index >= 15 is 0 Å². The van der Waals surface area contributed by atoms with Crippen LogP contribution in [0.15, 0.2) is 42.5 Å². The molecule has 7 heteroatoms. The first kappa shape index (κ1) is 20.8. The summed E-state index contributed by atoms with van der Waals surface area (Å²) in [5, 5.41) is 20.3. The van der Waals surface area contributed by atoms with Crippen LogP contribution in [-0.4, -0.2) is 53.4 Å². The lowest BCUT2D eigenvalue weighted by molar-refractivity contribution is -0.132. The number of rotatable bonds is 6. The second-order valence-electron chi connectivity index (χ2n) is 7.56. The van der Waals surface area contributed by atoms with Crippen LogP contribution in [0, 0.1) is 11.3 Å². The van der Waals surface area contributed by atoms with E-state index < -0.39 is 6.10 Å². The number of hydrogen-bond acceptors (Lipinski definition) is 5. The molecule has 0 aliphatic carbocycles. The molecule has 2 aromatic carbocycles. The van der Waals surface area contributed by atoms with Gasteiger partial charge < -0.3 is 24.0 Å². The molecule has 3 aromatic rings. The van der Waals surface area contributed by atoms with Gasteiger partial charge in [-0.3, -0.25) is 4.79 Å². The number of likely N-dealkylation sites (tertiary alicyclic amines) is 1. The highest BCUT2D eigenvalue weighted by Crippen LogP contribution is 2.35. The van der Waals surface area contributed by atoms with Gasteiger partial charge in [0.1, 0.15) is 17.6 Å². The van der Waals surface area contributed by atoms with E-state index in [0.29, 0.717) is 37.4 Å². The second kappa shape index (κ2) is 8.70. The van der Waals surface area contributed by atoms with Crippen molar-refractivity contribution in [3.63, 3.8) is 0 Å². The zero-order chi connectivity index (χ0) is 22.0. The Morgan fingerprint density at radius 3 is 2.58 bits per heavy atom. The number of fused-ring (bicyclic) bond motifs is 1. The maximum Gasteiger partial charge on any atom is 0.260 e. The average molecular weight is 419 g/mol. The highest BCUT2D eigenvalue weighted by molar-refractivity contribution is 5.95. The van der Waals surface area contributed by atoms with Crippen LogP contribution in [-0.2, 0) is 11.3 Å². The molecule has 1 amide bonds. The first-order valence-corrected chi connectivity index (χ1v) is 10.3. The molecule has 4 rings (SSSR count). The first-order valence-electron chi connectivity index (χ1n) is 10.3. The smallest absolute Gasteiger partial charge is 0.260 e. The molecule has 31 heavy (non-hydrogen) atoms. The monoisotopic (exact) mass is 419 g/mol. The molecule has 0 spiro atoms. The van der Waals surface area contributed by atoms with Crippen molar-refractivity contribution in [3.05, 3.63) is 48.0 Å². The number of carbonyl (C=O) groups is 1. The van der Waals surface area contributed by atoms with E-state index in [1.54, 1.807) is 24.1 Å². The number of ether oxygens (including phenoxy) is 2. The van der Waals surface area contributed by atoms with Gasteiger partial charge in [0.2, 0.25) is 0 Å². The molecule has 1 N–H and O–H groups in total. The Morgan fingerprint density at radius 1 is 1.23 bits per heavy atom. The Morgan fingerprint density at radius 2 is 1.97 bits per heavy atom. The number of methoxy groups -OCH3 is 1. The molecule has 1 fully saturated rings. The van der Waals surface area contributed by atoms with Gasteiger partial charge in [0.05, 0.1) is 30.0 Å². The molecule has 1 atom stereocenters. The summed E-state index contributed by atoms with van der Waals surface area (Å²) < 4.78 is 13.1. The fourth-order valence-corrected chi connectivity index (χ4v) is 4.11. The molecule has 0 radical (unpaired) electrons. The Balaban J connectivity index is 1.59. The molecule has 0 saturated carbocycles. The molecule has 1 saturated heterocycles. The standard InChI is InChI=1S/C24H25N3O4/c1-3-27-22-12-19(30-2)8-9-20(22)21(13-25)24(27)16-4-6-18(7-5-16)31-15-23(29)26-11-10-17(28)14-26/h4-9,12,17,28H,3,10-11,14-15H2,1-2H3/t17-/m0/s1. The zero-order valence-corrected chi connectivity index (χ0v) is 17.7. The lowest BCUT2D eigenvalue weighted by Gasteiger charge is -2.16. The maximum atomic E-state index is 12.2. The van der Waals surface area contributed by atoms with Crippen LogP contribution in [0.4, 0.5) is 0 Å². The van der Waals surface area contributed by atoms with E-state index in [-0.39, 0.29) is 12.5 Å². The molecule has 1 aromatic heterocycles. The number of aryl methyl sites for hydroxylation is 1. The van der Waals surface area contributed by atoms with Gasteiger partial charge in [-0.15, -0.1) is 0 Å². The van der Waals surface area contributed by atoms with E-state index in [1.807, 2.05) is 37.3 Å². The summed E-state index contributed by atoms with van der Waals surface area (Å²) in [7, 11) is 1.63. The van der Waals surface area contributed by atoms with Crippen LogP contribution in [0.5, 0.6) is 11.5 Å².